The van der Waals surface area contributed by atoms with Gasteiger partial charge in [0.25, 0.3) is 0 Å². The molecule has 0 atom stereocenters. The minimum absolute atomic E-state index is 0.342. The minimum Gasteiger partial charge on any atom is -0.444 e. The summed E-state index contributed by atoms with van der Waals surface area (Å²) >= 11 is 3.41. The predicted molar refractivity (Wildman–Crippen MR) is 90.8 cm³/mol. The zero-order valence-electron chi connectivity index (χ0n) is 13.9. The van der Waals surface area contributed by atoms with Gasteiger partial charge in [-0.05, 0) is 42.8 Å². The summed E-state index contributed by atoms with van der Waals surface area (Å²) < 4.78 is 11.9. The third-order valence-corrected chi connectivity index (χ3v) is 4.51. The Kier molecular flexibility index (Phi) is 4.19. The highest BCUT2D eigenvalue weighted by Crippen LogP contribution is 2.43. The van der Waals surface area contributed by atoms with E-state index < -0.39 is 17.3 Å². The van der Waals surface area contributed by atoms with Crippen molar-refractivity contribution in [2.24, 2.45) is 0 Å². The molecule has 7 nitrogen and oxygen atoms in total. The smallest absolute Gasteiger partial charge is 0.413 e. The van der Waals surface area contributed by atoms with Crippen LogP contribution in [0.15, 0.2) is 16.7 Å². The maximum Gasteiger partial charge on any atom is 0.413 e. The molecule has 0 radical (unpaired) electrons. The van der Waals surface area contributed by atoms with Crippen molar-refractivity contribution in [1.82, 2.24) is 9.88 Å². The highest BCUT2D eigenvalue weighted by Gasteiger charge is 2.46. The van der Waals surface area contributed by atoms with Gasteiger partial charge in [0.15, 0.2) is 0 Å². The molecule has 0 bridgehead atoms. The number of rotatable bonds is 0. The van der Waals surface area contributed by atoms with Crippen molar-refractivity contribution in [3.63, 3.8) is 0 Å². The number of pyridine rings is 1. The van der Waals surface area contributed by atoms with Crippen molar-refractivity contribution >= 4 is 33.9 Å². The van der Waals surface area contributed by atoms with Gasteiger partial charge >= 0.3 is 12.2 Å². The van der Waals surface area contributed by atoms with Gasteiger partial charge in [-0.2, -0.15) is 0 Å². The summed E-state index contributed by atoms with van der Waals surface area (Å²) in [5.41, 5.74) is -0.456. The number of amides is 2. The number of halogens is 1. The average Bonchev–Trinajstić information content (AvgIpc) is 2.47. The van der Waals surface area contributed by atoms with E-state index in [-0.39, 0.29) is 6.09 Å². The number of likely N-dealkylation sites (tertiary alicyclic amines) is 1. The number of ether oxygens (including phenoxy) is 2. The van der Waals surface area contributed by atoms with E-state index in [2.05, 4.69) is 26.2 Å². The third-order valence-electron chi connectivity index (χ3n) is 4.08. The lowest BCUT2D eigenvalue weighted by molar-refractivity contribution is -0.0441. The first-order chi connectivity index (χ1) is 11.2. The number of nitrogens with one attached hydrogen (secondary N) is 1. The van der Waals surface area contributed by atoms with Gasteiger partial charge in [0, 0.05) is 42.2 Å². The number of aromatic nitrogens is 1. The van der Waals surface area contributed by atoms with Gasteiger partial charge < -0.3 is 14.4 Å². The molecule has 2 amide bonds. The predicted octanol–water partition coefficient (Wildman–Crippen LogP) is 3.63. The molecule has 1 N–H and O–H groups in total. The molecular weight excluding hydrogens is 378 g/mol. The summed E-state index contributed by atoms with van der Waals surface area (Å²) in [6.07, 6.45) is 1.79. The van der Waals surface area contributed by atoms with Crippen LogP contribution >= 0.6 is 15.9 Å². The number of carbonyl (C=O) groups excluding carboxylic acids is 2. The van der Waals surface area contributed by atoms with Crippen molar-refractivity contribution in [2.45, 2.75) is 44.8 Å². The van der Waals surface area contributed by atoms with Crippen LogP contribution in [0.2, 0.25) is 0 Å². The van der Waals surface area contributed by atoms with Crippen LogP contribution in [0.4, 0.5) is 15.4 Å². The van der Waals surface area contributed by atoms with Crippen LogP contribution in [-0.2, 0) is 15.1 Å². The Balaban J connectivity index is 1.79. The number of anilines is 1. The summed E-state index contributed by atoms with van der Waals surface area (Å²) in [7, 11) is 0. The Bertz CT molecular complexity index is 678. The highest BCUT2D eigenvalue weighted by molar-refractivity contribution is 9.10. The fraction of sp³-hybridized carbons (Fsp3) is 0.562. The van der Waals surface area contributed by atoms with E-state index in [1.165, 1.54) is 0 Å². The van der Waals surface area contributed by atoms with Crippen molar-refractivity contribution < 1.29 is 19.1 Å². The van der Waals surface area contributed by atoms with E-state index >= 15 is 0 Å². The van der Waals surface area contributed by atoms with Crippen LogP contribution in [0.25, 0.3) is 0 Å². The molecule has 1 fully saturated rings. The van der Waals surface area contributed by atoms with E-state index in [0.29, 0.717) is 31.7 Å². The van der Waals surface area contributed by atoms with Crippen molar-refractivity contribution in [3.8, 4) is 0 Å². The van der Waals surface area contributed by atoms with Gasteiger partial charge in [-0.25, -0.2) is 14.6 Å². The topological polar surface area (TPSA) is 80.8 Å². The van der Waals surface area contributed by atoms with Crippen molar-refractivity contribution in [2.75, 3.05) is 18.4 Å². The van der Waals surface area contributed by atoms with Crippen LogP contribution in [0.5, 0.6) is 0 Å². The molecule has 2 aliphatic rings. The van der Waals surface area contributed by atoms with Gasteiger partial charge in [0.1, 0.15) is 17.0 Å². The van der Waals surface area contributed by atoms with Gasteiger partial charge in [-0.1, -0.05) is 0 Å². The minimum atomic E-state index is -0.757. The van der Waals surface area contributed by atoms with Crippen molar-refractivity contribution in [1.29, 1.82) is 0 Å². The molecule has 0 aliphatic carbocycles. The Hall–Kier alpha value is -1.83. The van der Waals surface area contributed by atoms with Crippen molar-refractivity contribution in [3.05, 3.63) is 22.3 Å². The second-order valence-electron chi connectivity index (χ2n) is 7.03. The molecular formula is C16H20BrN3O4. The SMILES string of the molecule is CC(C)(C)OC(=O)N1CCC2(CC1)OC(=O)Nc1ncc(Br)cc12. The molecule has 1 aromatic heterocycles. The molecule has 0 aromatic carbocycles. The Labute approximate surface area is 148 Å². The molecule has 1 spiro atoms. The zero-order valence-corrected chi connectivity index (χ0v) is 15.5. The number of carbonyl (C=O) groups is 2. The summed E-state index contributed by atoms with van der Waals surface area (Å²) in [5.74, 6) is 0.514. The third kappa shape index (κ3) is 3.33. The number of fused-ring (bicyclic) bond motifs is 2. The van der Waals surface area contributed by atoms with E-state index in [4.69, 9.17) is 9.47 Å². The lowest BCUT2D eigenvalue weighted by Gasteiger charge is -2.43. The maximum absolute atomic E-state index is 12.2. The quantitative estimate of drug-likeness (QED) is 0.722. The number of piperidine rings is 1. The first kappa shape index (κ1) is 17.0. The van der Waals surface area contributed by atoms with E-state index in [0.717, 1.165) is 10.0 Å². The first-order valence-electron chi connectivity index (χ1n) is 7.82. The van der Waals surface area contributed by atoms with Gasteiger partial charge in [0.05, 0.1) is 0 Å². The molecule has 8 heteroatoms. The molecule has 130 valence electrons. The maximum atomic E-state index is 12.2. The summed E-state index contributed by atoms with van der Waals surface area (Å²) in [4.78, 5) is 30.0. The van der Waals surface area contributed by atoms with Crippen LogP contribution in [0, 0.1) is 0 Å². The summed E-state index contributed by atoms with van der Waals surface area (Å²) in [5, 5.41) is 2.63. The lowest BCUT2D eigenvalue weighted by Crippen LogP contribution is -2.50. The van der Waals surface area contributed by atoms with Crippen LogP contribution in [-0.4, -0.2) is 40.8 Å². The lowest BCUT2D eigenvalue weighted by atomic mass is 9.83. The molecule has 1 saturated heterocycles. The Morgan fingerprint density at radius 2 is 2.08 bits per heavy atom. The summed E-state index contributed by atoms with van der Waals surface area (Å²) in [6.45, 7) is 6.42. The van der Waals surface area contributed by atoms with Gasteiger partial charge in [-0.15, -0.1) is 0 Å². The second kappa shape index (κ2) is 5.91. The van der Waals surface area contributed by atoms with Crippen LogP contribution in [0.1, 0.15) is 39.2 Å². The standard InChI is InChI=1S/C16H20BrN3O4/c1-15(2,3)24-14(22)20-6-4-16(5-7-20)11-8-10(17)9-18-12(11)19-13(21)23-16/h8-9H,4-7H2,1-3H3,(H,18,19,21). The molecule has 0 unspecified atom stereocenters. The molecule has 24 heavy (non-hydrogen) atoms. The number of hydrogen-bond donors (Lipinski definition) is 1. The summed E-state index contributed by atoms with van der Waals surface area (Å²) in [6, 6.07) is 1.91. The van der Waals surface area contributed by atoms with Crippen LogP contribution in [0.3, 0.4) is 0 Å². The van der Waals surface area contributed by atoms with E-state index in [9.17, 15) is 9.59 Å². The Morgan fingerprint density at radius 3 is 2.71 bits per heavy atom. The van der Waals surface area contributed by atoms with E-state index in [1.54, 1.807) is 11.1 Å². The molecule has 3 rings (SSSR count). The van der Waals surface area contributed by atoms with Gasteiger partial charge in [-0.3, -0.25) is 5.32 Å². The average molecular weight is 398 g/mol. The fourth-order valence-electron chi connectivity index (χ4n) is 2.99. The highest BCUT2D eigenvalue weighted by atomic mass is 79.9. The normalized spacial score (nSPS) is 19.3. The second-order valence-corrected chi connectivity index (χ2v) is 7.94. The molecule has 0 saturated carbocycles. The van der Waals surface area contributed by atoms with Gasteiger partial charge in [0.2, 0.25) is 0 Å². The number of nitrogens with zero attached hydrogens (tertiary/aromatic N) is 2. The fourth-order valence-corrected chi connectivity index (χ4v) is 3.32. The molecule has 3 heterocycles. The zero-order chi connectivity index (χ0) is 17.5. The molecule has 2 aliphatic heterocycles. The first-order valence-corrected chi connectivity index (χ1v) is 8.62. The van der Waals surface area contributed by atoms with E-state index in [1.807, 2.05) is 26.8 Å². The largest absolute Gasteiger partial charge is 0.444 e. The van der Waals surface area contributed by atoms with Crippen LogP contribution < -0.4 is 5.32 Å². The monoisotopic (exact) mass is 397 g/mol. The Morgan fingerprint density at radius 1 is 1.42 bits per heavy atom. The molecule has 1 aromatic rings. The number of hydrogen-bond acceptors (Lipinski definition) is 5.